The molecule has 3 N–H and O–H groups in total. The quantitative estimate of drug-likeness (QED) is 0.886. The number of nitrogens with two attached hydrogens (primary N) is 1. The summed E-state index contributed by atoms with van der Waals surface area (Å²) in [7, 11) is 0. The third kappa shape index (κ3) is 3.41. The molecule has 4 nitrogen and oxygen atoms in total. The summed E-state index contributed by atoms with van der Waals surface area (Å²) in [5.41, 5.74) is 7.39. The van der Waals surface area contributed by atoms with E-state index in [9.17, 15) is 9.90 Å². The average Bonchev–Trinajstić information content (AvgIpc) is 2.50. The smallest absolute Gasteiger partial charge is 0.235 e. The Hall–Kier alpha value is -2.33. The molecule has 0 aliphatic rings. The lowest BCUT2D eigenvalue weighted by Crippen LogP contribution is -2.37. The molecular formula is C17H20N2O2. The highest BCUT2D eigenvalue weighted by Gasteiger charge is 2.24. The first-order valence-corrected chi connectivity index (χ1v) is 7.02. The summed E-state index contributed by atoms with van der Waals surface area (Å²) in [6.07, 6.45) is 0. The highest BCUT2D eigenvalue weighted by atomic mass is 16.3. The number of hydrogen-bond donors (Lipinski definition) is 2. The lowest BCUT2D eigenvalue weighted by molar-refractivity contribution is -0.119. The van der Waals surface area contributed by atoms with Gasteiger partial charge in [-0.1, -0.05) is 36.4 Å². The molecule has 1 unspecified atom stereocenters. The molecule has 0 bridgehead atoms. The van der Waals surface area contributed by atoms with Crippen LogP contribution in [0.4, 0.5) is 5.69 Å². The number of carbonyl (C=O) groups excluding carboxylic acids is 1. The predicted molar refractivity (Wildman–Crippen MR) is 84.4 cm³/mol. The normalized spacial score (nSPS) is 11.9. The Bertz CT molecular complexity index is 599. The van der Waals surface area contributed by atoms with Crippen molar-refractivity contribution < 1.29 is 9.90 Å². The lowest BCUT2D eigenvalue weighted by atomic mass is 9.97. The van der Waals surface area contributed by atoms with Gasteiger partial charge in [-0.05, 0) is 24.6 Å². The molecule has 21 heavy (non-hydrogen) atoms. The van der Waals surface area contributed by atoms with Crippen LogP contribution >= 0.6 is 0 Å². The van der Waals surface area contributed by atoms with Crippen molar-refractivity contribution in [3.8, 4) is 5.75 Å². The van der Waals surface area contributed by atoms with Crippen LogP contribution < -0.4 is 10.6 Å². The minimum Gasteiger partial charge on any atom is -0.508 e. The monoisotopic (exact) mass is 284 g/mol. The van der Waals surface area contributed by atoms with Crippen LogP contribution in [0.1, 0.15) is 18.4 Å². The third-order valence-corrected chi connectivity index (χ3v) is 3.46. The second-order valence-electron chi connectivity index (χ2n) is 4.80. The number of benzene rings is 2. The fourth-order valence-electron chi connectivity index (χ4n) is 2.38. The van der Waals surface area contributed by atoms with Gasteiger partial charge in [0, 0.05) is 24.8 Å². The summed E-state index contributed by atoms with van der Waals surface area (Å²) < 4.78 is 0. The van der Waals surface area contributed by atoms with E-state index in [4.69, 9.17) is 5.73 Å². The number of nitrogens with zero attached hydrogens (tertiary/aromatic N) is 1. The number of phenolic OH excluding ortho intramolecular Hbond substituents is 1. The lowest BCUT2D eigenvalue weighted by Gasteiger charge is -2.26. The van der Waals surface area contributed by atoms with Crippen molar-refractivity contribution in [1.29, 1.82) is 0 Å². The fraction of sp³-hybridized carbons (Fsp3) is 0.235. The molecule has 0 saturated heterocycles. The van der Waals surface area contributed by atoms with Gasteiger partial charge in [-0.3, -0.25) is 4.79 Å². The van der Waals surface area contributed by atoms with Crippen molar-refractivity contribution >= 4 is 11.6 Å². The van der Waals surface area contributed by atoms with Crippen LogP contribution in [0.3, 0.4) is 0 Å². The van der Waals surface area contributed by atoms with E-state index in [1.165, 1.54) is 0 Å². The Labute approximate surface area is 124 Å². The van der Waals surface area contributed by atoms with Crippen LogP contribution in [0.15, 0.2) is 54.6 Å². The second kappa shape index (κ2) is 6.90. The zero-order valence-electron chi connectivity index (χ0n) is 12.1. The van der Waals surface area contributed by atoms with Crippen LogP contribution in [-0.4, -0.2) is 24.1 Å². The van der Waals surface area contributed by atoms with Crippen molar-refractivity contribution in [1.82, 2.24) is 0 Å². The van der Waals surface area contributed by atoms with E-state index in [1.54, 1.807) is 29.2 Å². The molecule has 110 valence electrons. The van der Waals surface area contributed by atoms with E-state index in [0.29, 0.717) is 12.2 Å². The van der Waals surface area contributed by atoms with E-state index in [-0.39, 0.29) is 24.1 Å². The molecule has 2 aromatic carbocycles. The van der Waals surface area contributed by atoms with Gasteiger partial charge >= 0.3 is 0 Å². The maximum Gasteiger partial charge on any atom is 0.235 e. The molecule has 0 saturated carbocycles. The van der Waals surface area contributed by atoms with E-state index >= 15 is 0 Å². The van der Waals surface area contributed by atoms with Gasteiger partial charge in [0.1, 0.15) is 5.75 Å². The number of anilines is 1. The van der Waals surface area contributed by atoms with Gasteiger partial charge in [0.05, 0.1) is 5.92 Å². The maximum absolute atomic E-state index is 12.8. The number of rotatable bonds is 5. The van der Waals surface area contributed by atoms with Crippen LogP contribution in [-0.2, 0) is 4.79 Å². The topological polar surface area (TPSA) is 66.6 Å². The molecule has 0 aromatic heterocycles. The Kier molecular flexibility index (Phi) is 4.95. The minimum absolute atomic E-state index is 0.0585. The first kappa shape index (κ1) is 15.1. The van der Waals surface area contributed by atoms with E-state index in [0.717, 1.165) is 5.56 Å². The van der Waals surface area contributed by atoms with Crippen LogP contribution in [0.25, 0.3) is 0 Å². The van der Waals surface area contributed by atoms with Crippen LogP contribution in [0.2, 0.25) is 0 Å². The highest BCUT2D eigenvalue weighted by molar-refractivity contribution is 5.98. The molecule has 0 fully saturated rings. The molecule has 0 heterocycles. The van der Waals surface area contributed by atoms with Crippen molar-refractivity contribution in [2.45, 2.75) is 12.8 Å². The summed E-state index contributed by atoms with van der Waals surface area (Å²) in [5, 5.41) is 9.59. The number of hydrogen-bond acceptors (Lipinski definition) is 3. The van der Waals surface area contributed by atoms with E-state index in [1.807, 2.05) is 37.3 Å². The molecule has 0 aliphatic carbocycles. The van der Waals surface area contributed by atoms with Crippen LogP contribution in [0.5, 0.6) is 5.75 Å². The van der Waals surface area contributed by atoms with Gasteiger partial charge in [-0.25, -0.2) is 0 Å². The largest absolute Gasteiger partial charge is 0.508 e. The Balaban J connectivity index is 2.31. The average molecular weight is 284 g/mol. The van der Waals surface area contributed by atoms with Gasteiger partial charge in [-0.15, -0.1) is 0 Å². The maximum atomic E-state index is 12.8. The molecule has 2 aromatic rings. The zero-order chi connectivity index (χ0) is 15.2. The van der Waals surface area contributed by atoms with Crippen molar-refractivity contribution in [2.24, 2.45) is 5.73 Å². The Morgan fingerprint density at radius 2 is 1.90 bits per heavy atom. The second-order valence-corrected chi connectivity index (χ2v) is 4.80. The van der Waals surface area contributed by atoms with Crippen LogP contribution in [0, 0.1) is 0 Å². The highest BCUT2D eigenvalue weighted by Crippen LogP contribution is 2.24. The molecular weight excluding hydrogens is 264 g/mol. The number of likely N-dealkylation sites (N-methyl/N-ethyl adjacent to an activating group) is 1. The molecule has 1 amide bonds. The molecule has 1 atom stereocenters. The van der Waals surface area contributed by atoms with Crippen molar-refractivity contribution in [3.05, 3.63) is 60.2 Å². The summed E-state index contributed by atoms with van der Waals surface area (Å²) >= 11 is 0. The van der Waals surface area contributed by atoms with E-state index in [2.05, 4.69) is 0 Å². The van der Waals surface area contributed by atoms with Gasteiger partial charge in [0.25, 0.3) is 0 Å². The molecule has 0 aliphatic heterocycles. The van der Waals surface area contributed by atoms with Crippen molar-refractivity contribution in [2.75, 3.05) is 18.0 Å². The molecule has 4 heteroatoms. The summed E-state index contributed by atoms with van der Waals surface area (Å²) in [4.78, 5) is 14.4. The Morgan fingerprint density at radius 1 is 1.19 bits per heavy atom. The first-order valence-electron chi connectivity index (χ1n) is 7.02. The van der Waals surface area contributed by atoms with Gasteiger partial charge in [0.15, 0.2) is 0 Å². The van der Waals surface area contributed by atoms with Gasteiger partial charge in [0.2, 0.25) is 5.91 Å². The third-order valence-electron chi connectivity index (χ3n) is 3.46. The summed E-state index contributed by atoms with van der Waals surface area (Å²) in [5.74, 6) is -0.298. The Morgan fingerprint density at radius 3 is 2.48 bits per heavy atom. The minimum atomic E-state index is -0.381. The summed E-state index contributed by atoms with van der Waals surface area (Å²) in [6.45, 7) is 2.67. The molecule has 0 radical (unpaired) electrons. The van der Waals surface area contributed by atoms with Crippen molar-refractivity contribution in [3.63, 3.8) is 0 Å². The number of carbonyl (C=O) groups is 1. The van der Waals surface area contributed by atoms with E-state index < -0.39 is 0 Å². The van der Waals surface area contributed by atoms with Gasteiger partial charge in [-0.2, -0.15) is 0 Å². The number of aromatic hydroxyl groups is 1. The SMILES string of the molecule is CCN(C(=O)C(CN)c1ccccc1)c1cccc(O)c1. The molecule has 0 spiro atoms. The van der Waals surface area contributed by atoms with Gasteiger partial charge < -0.3 is 15.7 Å². The zero-order valence-corrected chi connectivity index (χ0v) is 12.1. The fourth-order valence-corrected chi connectivity index (χ4v) is 2.38. The first-order chi connectivity index (χ1) is 10.2. The molecule has 2 rings (SSSR count). The standard InChI is InChI=1S/C17H20N2O2/c1-2-19(14-9-6-10-15(20)11-14)17(21)16(12-18)13-7-4-3-5-8-13/h3-11,16,20H,2,12,18H2,1H3. The number of amides is 1. The summed E-state index contributed by atoms with van der Waals surface area (Å²) in [6, 6.07) is 16.2. The number of phenols is 1. The predicted octanol–water partition coefficient (Wildman–Crippen LogP) is 2.49.